The molecular formula is C26H28ClNO2. The minimum atomic E-state index is -0.0555. The molecule has 0 heterocycles. The summed E-state index contributed by atoms with van der Waals surface area (Å²) in [5, 5.41) is 0.685. The fraction of sp³-hybridized carbons (Fsp3) is 0.269. The van der Waals surface area contributed by atoms with Crippen LogP contribution in [0.15, 0.2) is 78.9 Å². The summed E-state index contributed by atoms with van der Waals surface area (Å²) in [5.41, 5.74) is 3.45. The van der Waals surface area contributed by atoms with Crippen molar-refractivity contribution < 1.29 is 9.53 Å². The highest BCUT2D eigenvalue weighted by Gasteiger charge is 2.16. The Balaban J connectivity index is 1.70. The van der Waals surface area contributed by atoms with Crippen LogP contribution in [-0.2, 0) is 24.3 Å². The second-order valence-electron chi connectivity index (χ2n) is 7.89. The van der Waals surface area contributed by atoms with E-state index in [-0.39, 0.29) is 12.5 Å². The zero-order valence-corrected chi connectivity index (χ0v) is 18.3. The first-order valence-electron chi connectivity index (χ1n) is 10.3. The topological polar surface area (TPSA) is 29.5 Å². The van der Waals surface area contributed by atoms with Crippen LogP contribution in [0.25, 0.3) is 0 Å². The van der Waals surface area contributed by atoms with E-state index in [4.69, 9.17) is 16.3 Å². The summed E-state index contributed by atoms with van der Waals surface area (Å²) in [6.07, 6.45) is 1.05. The largest absolute Gasteiger partial charge is 0.484 e. The maximum atomic E-state index is 13.0. The Morgan fingerprint density at radius 2 is 1.37 bits per heavy atom. The van der Waals surface area contributed by atoms with Crippen molar-refractivity contribution in [1.29, 1.82) is 0 Å². The Morgan fingerprint density at radius 1 is 0.833 bits per heavy atom. The lowest BCUT2D eigenvalue weighted by Gasteiger charge is -2.23. The van der Waals surface area contributed by atoms with Crippen LogP contribution in [0.1, 0.15) is 30.5 Å². The molecule has 3 rings (SSSR count). The molecule has 4 heteroatoms. The van der Waals surface area contributed by atoms with Gasteiger partial charge in [0.1, 0.15) is 5.75 Å². The monoisotopic (exact) mass is 421 g/mol. The third kappa shape index (κ3) is 6.93. The highest BCUT2D eigenvalue weighted by Crippen LogP contribution is 2.16. The van der Waals surface area contributed by atoms with Gasteiger partial charge in [-0.3, -0.25) is 4.79 Å². The molecule has 0 aliphatic rings. The third-order valence-electron chi connectivity index (χ3n) is 4.79. The van der Waals surface area contributed by atoms with Gasteiger partial charge < -0.3 is 9.64 Å². The zero-order chi connectivity index (χ0) is 21.3. The van der Waals surface area contributed by atoms with Gasteiger partial charge in [-0.05, 0) is 53.3 Å². The lowest BCUT2D eigenvalue weighted by molar-refractivity contribution is -0.134. The summed E-state index contributed by atoms with van der Waals surface area (Å²) in [5.74, 6) is 1.25. The molecule has 0 atom stereocenters. The van der Waals surface area contributed by atoms with Crippen LogP contribution in [0.5, 0.6) is 5.75 Å². The number of ether oxygens (including phenoxy) is 1. The molecule has 0 radical (unpaired) electrons. The summed E-state index contributed by atoms with van der Waals surface area (Å²) in [6.45, 7) is 5.47. The standard InChI is InChI=1S/C26H28ClNO2/c1-20(2)16-21-8-10-22(11-9-21)17-28(18-23-12-14-24(27)15-13-23)26(29)19-30-25-6-4-3-5-7-25/h3-15,20H,16-19H2,1-2H3. The molecule has 0 saturated heterocycles. The average molecular weight is 422 g/mol. The second-order valence-corrected chi connectivity index (χ2v) is 8.33. The molecule has 3 nitrogen and oxygen atoms in total. The van der Waals surface area contributed by atoms with Gasteiger partial charge in [-0.15, -0.1) is 0 Å². The van der Waals surface area contributed by atoms with Crippen molar-refractivity contribution in [3.63, 3.8) is 0 Å². The van der Waals surface area contributed by atoms with E-state index in [0.717, 1.165) is 17.5 Å². The first-order chi connectivity index (χ1) is 14.5. The van der Waals surface area contributed by atoms with Crippen LogP contribution in [0, 0.1) is 5.92 Å². The molecule has 3 aromatic carbocycles. The van der Waals surface area contributed by atoms with Gasteiger partial charge in [0, 0.05) is 18.1 Å². The fourth-order valence-electron chi connectivity index (χ4n) is 3.27. The SMILES string of the molecule is CC(C)Cc1ccc(CN(Cc2ccc(Cl)cc2)C(=O)COc2ccccc2)cc1. The maximum absolute atomic E-state index is 13.0. The number of benzene rings is 3. The summed E-state index contributed by atoms with van der Waals surface area (Å²) < 4.78 is 5.69. The molecule has 156 valence electrons. The predicted molar refractivity (Wildman–Crippen MR) is 123 cm³/mol. The number of carbonyl (C=O) groups is 1. The molecular weight excluding hydrogens is 394 g/mol. The van der Waals surface area contributed by atoms with Gasteiger partial charge in [-0.1, -0.05) is 80.0 Å². The second kappa shape index (κ2) is 10.8. The first kappa shape index (κ1) is 21.9. The number of para-hydroxylation sites is 1. The molecule has 0 aromatic heterocycles. The number of halogens is 1. The van der Waals surface area contributed by atoms with Crippen LogP contribution in [-0.4, -0.2) is 17.4 Å². The van der Waals surface area contributed by atoms with Crippen molar-refractivity contribution in [1.82, 2.24) is 4.90 Å². The van der Waals surface area contributed by atoms with Gasteiger partial charge >= 0.3 is 0 Å². The van der Waals surface area contributed by atoms with E-state index < -0.39 is 0 Å². The van der Waals surface area contributed by atoms with Crippen molar-refractivity contribution in [2.45, 2.75) is 33.4 Å². The van der Waals surface area contributed by atoms with E-state index in [0.29, 0.717) is 29.8 Å². The molecule has 3 aromatic rings. The quantitative estimate of drug-likeness (QED) is 0.415. The Morgan fingerprint density at radius 3 is 1.93 bits per heavy atom. The summed E-state index contributed by atoms with van der Waals surface area (Å²) in [4.78, 5) is 14.8. The number of amides is 1. The minimum absolute atomic E-state index is 0.00301. The fourth-order valence-corrected chi connectivity index (χ4v) is 3.39. The van der Waals surface area contributed by atoms with Crippen molar-refractivity contribution in [3.8, 4) is 5.75 Å². The molecule has 0 N–H and O–H groups in total. The molecule has 0 spiro atoms. The molecule has 0 aliphatic heterocycles. The predicted octanol–water partition coefficient (Wildman–Crippen LogP) is 6.15. The van der Waals surface area contributed by atoms with Crippen molar-refractivity contribution in [2.75, 3.05) is 6.61 Å². The van der Waals surface area contributed by atoms with E-state index in [1.54, 1.807) is 0 Å². The Kier molecular flexibility index (Phi) is 7.92. The Labute approximate surface area is 184 Å². The van der Waals surface area contributed by atoms with E-state index in [9.17, 15) is 4.79 Å². The van der Waals surface area contributed by atoms with Crippen LogP contribution in [0.4, 0.5) is 0 Å². The number of rotatable bonds is 9. The van der Waals surface area contributed by atoms with Gasteiger partial charge in [0.15, 0.2) is 6.61 Å². The molecule has 1 amide bonds. The number of hydrogen-bond donors (Lipinski definition) is 0. The summed E-state index contributed by atoms with van der Waals surface area (Å²) in [7, 11) is 0. The lowest BCUT2D eigenvalue weighted by atomic mass is 10.0. The third-order valence-corrected chi connectivity index (χ3v) is 5.04. The van der Waals surface area contributed by atoms with E-state index in [2.05, 4.69) is 38.1 Å². The van der Waals surface area contributed by atoms with Crippen molar-refractivity contribution >= 4 is 17.5 Å². The number of carbonyl (C=O) groups excluding carboxylic acids is 1. The van der Waals surface area contributed by atoms with Gasteiger partial charge in [0.05, 0.1) is 0 Å². The Hall–Kier alpha value is -2.78. The van der Waals surface area contributed by atoms with E-state index in [1.165, 1.54) is 5.56 Å². The normalized spacial score (nSPS) is 10.8. The first-order valence-corrected chi connectivity index (χ1v) is 10.7. The Bertz CT molecular complexity index is 922. The van der Waals surface area contributed by atoms with Gasteiger partial charge in [-0.2, -0.15) is 0 Å². The average Bonchev–Trinajstić information content (AvgIpc) is 2.75. The minimum Gasteiger partial charge on any atom is -0.484 e. The van der Waals surface area contributed by atoms with Gasteiger partial charge in [0.25, 0.3) is 5.91 Å². The molecule has 30 heavy (non-hydrogen) atoms. The van der Waals surface area contributed by atoms with E-state index >= 15 is 0 Å². The smallest absolute Gasteiger partial charge is 0.261 e. The maximum Gasteiger partial charge on any atom is 0.261 e. The van der Waals surface area contributed by atoms with Crippen LogP contribution < -0.4 is 4.74 Å². The van der Waals surface area contributed by atoms with Crippen LogP contribution >= 0.6 is 11.6 Å². The molecule has 0 saturated carbocycles. The van der Waals surface area contributed by atoms with Crippen LogP contribution in [0.2, 0.25) is 5.02 Å². The van der Waals surface area contributed by atoms with Gasteiger partial charge in [-0.25, -0.2) is 0 Å². The molecule has 0 unspecified atom stereocenters. The highest BCUT2D eigenvalue weighted by molar-refractivity contribution is 6.30. The molecule has 0 aliphatic carbocycles. The molecule has 0 bridgehead atoms. The van der Waals surface area contributed by atoms with Crippen LogP contribution in [0.3, 0.4) is 0 Å². The van der Waals surface area contributed by atoms with Crippen molar-refractivity contribution in [3.05, 3.63) is 101 Å². The van der Waals surface area contributed by atoms with Crippen molar-refractivity contribution in [2.24, 2.45) is 5.92 Å². The lowest BCUT2D eigenvalue weighted by Crippen LogP contribution is -2.34. The summed E-state index contributed by atoms with van der Waals surface area (Å²) >= 11 is 6.01. The number of hydrogen-bond acceptors (Lipinski definition) is 2. The van der Waals surface area contributed by atoms with E-state index in [1.807, 2.05) is 59.5 Å². The number of nitrogens with zero attached hydrogens (tertiary/aromatic N) is 1. The highest BCUT2D eigenvalue weighted by atomic mass is 35.5. The molecule has 0 fully saturated rings. The summed E-state index contributed by atoms with van der Waals surface area (Å²) in [6, 6.07) is 25.5. The van der Waals surface area contributed by atoms with Gasteiger partial charge in [0.2, 0.25) is 0 Å². The zero-order valence-electron chi connectivity index (χ0n) is 17.6.